The van der Waals surface area contributed by atoms with E-state index < -0.39 is 0 Å². The van der Waals surface area contributed by atoms with Crippen LogP contribution in [-0.4, -0.2) is 4.98 Å². The molecule has 3 aromatic rings. The molecular formula is C15H11NS. The van der Waals surface area contributed by atoms with Gasteiger partial charge in [-0.15, -0.1) is 12.6 Å². The van der Waals surface area contributed by atoms with Crippen molar-refractivity contribution < 1.29 is 0 Å². The molecule has 0 saturated carbocycles. The molecule has 1 aromatic heterocycles. The smallest absolute Gasteiger partial charge is 0.0708 e. The minimum atomic E-state index is 0.989. The molecule has 0 aliphatic heterocycles. The van der Waals surface area contributed by atoms with E-state index in [9.17, 15) is 0 Å². The van der Waals surface area contributed by atoms with Gasteiger partial charge in [-0.05, 0) is 29.3 Å². The molecule has 0 N–H and O–H groups in total. The predicted molar refractivity (Wildman–Crippen MR) is 74.4 cm³/mol. The zero-order valence-electron chi connectivity index (χ0n) is 9.17. The lowest BCUT2D eigenvalue weighted by molar-refractivity contribution is 1.40. The molecule has 0 aliphatic rings. The summed E-state index contributed by atoms with van der Waals surface area (Å²) in [6.45, 7) is 0. The minimum absolute atomic E-state index is 0.989. The SMILES string of the molecule is Sc1ccccc1-c1ccc2cccnc2c1. The lowest BCUT2D eigenvalue weighted by atomic mass is 10.0. The molecule has 0 bridgehead atoms. The van der Waals surface area contributed by atoms with Crippen molar-refractivity contribution in [2.45, 2.75) is 4.90 Å². The molecule has 82 valence electrons. The van der Waals surface area contributed by atoms with Gasteiger partial charge in [-0.1, -0.05) is 36.4 Å². The largest absolute Gasteiger partial charge is 0.256 e. The minimum Gasteiger partial charge on any atom is -0.256 e. The first kappa shape index (κ1) is 10.4. The maximum Gasteiger partial charge on any atom is 0.0708 e. The molecule has 0 radical (unpaired) electrons. The number of pyridine rings is 1. The van der Waals surface area contributed by atoms with Crippen molar-refractivity contribution in [2.24, 2.45) is 0 Å². The van der Waals surface area contributed by atoms with Crippen LogP contribution in [0, 0.1) is 0 Å². The van der Waals surface area contributed by atoms with Crippen molar-refractivity contribution in [3.8, 4) is 11.1 Å². The molecule has 2 heteroatoms. The highest BCUT2D eigenvalue weighted by atomic mass is 32.1. The molecular weight excluding hydrogens is 226 g/mol. The van der Waals surface area contributed by atoms with E-state index in [4.69, 9.17) is 0 Å². The number of aromatic nitrogens is 1. The van der Waals surface area contributed by atoms with Crippen LogP contribution in [0.3, 0.4) is 0 Å². The van der Waals surface area contributed by atoms with Gasteiger partial charge < -0.3 is 0 Å². The summed E-state index contributed by atoms with van der Waals surface area (Å²) in [5.74, 6) is 0. The molecule has 1 nitrogen and oxygen atoms in total. The second-order valence-corrected chi connectivity index (χ2v) is 4.41. The Morgan fingerprint density at radius 3 is 2.65 bits per heavy atom. The lowest BCUT2D eigenvalue weighted by Crippen LogP contribution is -1.82. The summed E-state index contributed by atoms with van der Waals surface area (Å²) >= 11 is 4.48. The van der Waals surface area contributed by atoms with Crippen LogP contribution in [-0.2, 0) is 0 Å². The number of benzene rings is 2. The summed E-state index contributed by atoms with van der Waals surface area (Å²) in [6.07, 6.45) is 1.82. The first-order valence-corrected chi connectivity index (χ1v) is 5.92. The van der Waals surface area contributed by atoms with Crippen LogP contribution in [0.4, 0.5) is 0 Å². The molecule has 17 heavy (non-hydrogen) atoms. The molecule has 0 saturated heterocycles. The normalized spacial score (nSPS) is 10.6. The Morgan fingerprint density at radius 1 is 0.882 bits per heavy atom. The molecule has 1 heterocycles. The number of rotatable bonds is 1. The van der Waals surface area contributed by atoms with E-state index in [-0.39, 0.29) is 0 Å². The number of nitrogens with zero attached hydrogens (tertiary/aromatic N) is 1. The lowest BCUT2D eigenvalue weighted by Gasteiger charge is -2.06. The van der Waals surface area contributed by atoms with Gasteiger partial charge in [-0.3, -0.25) is 4.98 Å². The van der Waals surface area contributed by atoms with Crippen LogP contribution >= 0.6 is 12.6 Å². The van der Waals surface area contributed by atoms with Crippen molar-refractivity contribution in [1.82, 2.24) is 4.98 Å². The van der Waals surface area contributed by atoms with E-state index in [0.717, 1.165) is 26.9 Å². The van der Waals surface area contributed by atoms with Gasteiger partial charge in [-0.2, -0.15) is 0 Å². The maximum absolute atomic E-state index is 4.48. The summed E-state index contributed by atoms with van der Waals surface area (Å²) in [6, 6.07) is 18.4. The van der Waals surface area contributed by atoms with Crippen molar-refractivity contribution >= 4 is 23.5 Å². The average molecular weight is 237 g/mol. The van der Waals surface area contributed by atoms with Gasteiger partial charge in [0.25, 0.3) is 0 Å². The van der Waals surface area contributed by atoms with Crippen molar-refractivity contribution in [3.63, 3.8) is 0 Å². The monoisotopic (exact) mass is 237 g/mol. The van der Waals surface area contributed by atoms with Crippen LogP contribution in [0.15, 0.2) is 65.7 Å². The average Bonchev–Trinajstić information content (AvgIpc) is 2.39. The molecule has 0 amide bonds. The quantitative estimate of drug-likeness (QED) is 0.626. The van der Waals surface area contributed by atoms with Gasteiger partial charge in [0.2, 0.25) is 0 Å². The molecule has 2 aromatic carbocycles. The third-order valence-electron chi connectivity index (χ3n) is 2.82. The van der Waals surface area contributed by atoms with E-state index in [1.54, 1.807) is 0 Å². The standard InChI is InChI=1S/C15H11NS/c17-15-6-2-1-5-13(15)12-8-7-11-4-3-9-16-14(11)10-12/h1-10,17H. The van der Waals surface area contributed by atoms with Crippen LogP contribution in [0.2, 0.25) is 0 Å². The first-order chi connectivity index (χ1) is 8.34. The van der Waals surface area contributed by atoms with E-state index in [1.807, 2.05) is 30.5 Å². The zero-order chi connectivity index (χ0) is 11.7. The highest BCUT2D eigenvalue weighted by molar-refractivity contribution is 7.80. The van der Waals surface area contributed by atoms with Gasteiger partial charge in [0.15, 0.2) is 0 Å². The van der Waals surface area contributed by atoms with Crippen LogP contribution < -0.4 is 0 Å². The molecule has 3 rings (SSSR count). The van der Waals surface area contributed by atoms with Crippen molar-refractivity contribution in [2.75, 3.05) is 0 Å². The Hall–Kier alpha value is -1.80. The van der Waals surface area contributed by atoms with E-state index in [2.05, 4.69) is 47.9 Å². The van der Waals surface area contributed by atoms with Crippen LogP contribution in [0.25, 0.3) is 22.0 Å². The maximum atomic E-state index is 4.48. The summed E-state index contributed by atoms with van der Waals surface area (Å²) < 4.78 is 0. The van der Waals surface area contributed by atoms with Crippen LogP contribution in [0.5, 0.6) is 0 Å². The van der Waals surface area contributed by atoms with Gasteiger partial charge in [0.05, 0.1) is 5.52 Å². The Morgan fingerprint density at radius 2 is 1.76 bits per heavy atom. The van der Waals surface area contributed by atoms with Gasteiger partial charge in [-0.25, -0.2) is 0 Å². The Labute approximate surface area is 106 Å². The van der Waals surface area contributed by atoms with Crippen molar-refractivity contribution in [3.05, 3.63) is 60.8 Å². The molecule has 0 unspecified atom stereocenters. The highest BCUT2D eigenvalue weighted by Gasteiger charge is 2.02. The molecule has 0 spiro atoms. The highest BCUT2D eigenvalue weighted by Crippen LogP contribution is 2.28. The number of fused-ring (bicyclic) bond motifs is 1. The van der Waals surface area contributed by atoms with E-state index in [1.165, 1.54) is 0 Å². The van der Waals surface area contributed by atoms with Crippen molar-refractivity contribution in [1.29, 1.82) is 0 Å². The second kappa shape index (κ2) is 4.22. The Kier molecular flexibility index (Phi) is 2.57. The molecule has 0 aliphatic carbocycles. The summed E-state index contributed by atoms with van der Waals surface area (Å²) in [5, 5.41) is 1.16. The van der Waals surface area contributed by atoms with E-state index >= 15 is 0 Å². The van der Waals surface area contributed by atoms with Crippen LogP contribution in [0.1, 0.15) is 0 Å². The first-order valence-electron chi connectivity index (χ1n) is 5.48. The molecule has 0 fully saturated rings. The number of hydrogen-bond donors (Lipinski definition) is 1. The van der Waals surface area contributed by atoms with Gasteiger partial charge >= 0.3 is 0 Å². The number of thiol groups is 1. The fourth-order valence-electron chi connectivity index (χ4n) is 1.95. The third-order valence-corrected chi connectivity index (χ3v) is 3.21. The number of hydrogen-bond acceptors (Lipinski definition) is 2. The Balaban J connectivity index is 2.22. The van der Waals surface area contributed by atoms with E-state index in [0.29, 0.717) is 0 Å². The van der Waals surface area contributed by atoms with Gasteiger partial charge in [0, 0.05) is 16.5 Å². The summed E-state index contributed by atoms with van der Waals surface area (Å²) in [5.41, 5.74) is 3.31. The fraction of sp³-hybridized carbons (Fsp3) is 0. The topological polar surface area (TPSA) is 12.9 Å². The Bertz CT molecular complexity index is 676. The zero-order valence-corrected chi connectivity index (χ0v) is 10.1. The molecule has 0 atom stereocenters. The predicted octanol–water partition coefficient (Wildman–Crippen LogP) is 4.19. The summed E-state index contributed by atoms with van der Waals surface area (Å²) in [4.78, 5) is 5.36. The third kappa shape index (κ3) is 1.92. The summed E-state index contributed by atoms with van der Waals surface area (Å²) in [7, 11) is 0. The second-order valence-electron chi connectivity index (χ2n) is 3.93. The van der Waals surface area contributed by atoms with Gasteiger partial charge in [0.1, 0.15) is 0 Å². The fourth-order valence-corrected chi connectivity index (χ4v) is 2.24.